The van der Waals surface area contributed by atoms with Gasteiger partial charge in [-0.15, -0.1) is 0 Å². The van der Waals surface area contributed by atoms with E-state index in [0.29, 0.717) is 36.7 Å². The van der Waals surface area contributed by atoms with Crippen LogP contribution >= 0.6 is 11.6 Å². The maximum atomic E-state index is 13.8. The third kappa shape index (κ3) is 7.06. The van der Waals surface area contributed by atoms with E-state index in [1.165, 1.54) is 31.5 Å². The maximum Gasteiger partial charge on any atom is 0.166 e. The normalized spacial score (nSPS) is 16.5. The third-order valence-electron chi connectivity index (χ3n) is 10.9. The molecule has 2 saturated heterocycles. The first kappa shape index (κ1) is 34.7. The van der Waals surface area contributed by atoms with Gasteiger partial charge in [0.1, 0.15) is 11.6 Å². The molecule has 0 unspecified atom stereocenters. The van der Waals surface area contributed by atoms with Gasteiger partial charge in [0, 0.05) is 80.5 Å². The van der Waals surface area contributed by atoms with Gasteiger partial charge in [-0.1, -0.05) is 29.8 Å². The second-order valence-electron chi connectivity index (χ2n) is 14.0. The van der Waals surface area contributed by atoms with Crippen LogP contribution < -0.4 is 10.1 Å². The molecule has 1 N–H and O–H groups in total. The molecule has 2 aromatic heterocycles. The topological polar surface area (TPSA) is 67.6 Å². The lowest BCUT2D eigenvalue weighted by Gasteiger charge is -2.36. The van der Waals surface area contributed by atoms with E-state index < -0.39 is 0 Å². The number of ether oxygens (including phenoxy) is 1. The zero-order valence-electron chi connectivity index (χ0n) is 29.5. The fourth-order valence-corrected chi connectivity index (χ4v) is 8.44. The zero-order valence-corrected chi connectivity index (χ0v) is 30.2. The molecule has 2 aliphatic rings. The van der Waals surface area contributed by atoms with Crippen molar-refractivity contribution in [2.24, 2.45) is 13.0 Å². The largest absolute Gasteiger partial charge is 0.493 e. The highest BCUT2D eigenvalue weighted by molar-refractivity contribution is 6.35. The van der Waals surface area contributed by atoms with E-state index in [1.807, 2.05) is 42.9 Å². The number of halogens is 2. The molecule has 3 aromatic carbocycles. The summed E-state index contributed by atoms with van der Waals surface area (Å²) in [4.78, 5) is 18.2. The lowest BCUT2D eigenvalue weighted by atomic mass is 9.96. The Morgan fingerprint density at radius 2 is 1.76 bits per heavy atom. The van der Waals surface area contributed by atoms with Gasteiger partial charge in [-0.25, -0.2) is 4.39 Å². The minimum Gasteiger partial charge on any atom is -0.493 e. The number of nitrogens with zero attached hydrogens (tertiary/aromatic N) is 5. The predicted molar refractivity (Wildman–Crippen MR) is 200 cm³/mol. The molecule has 0 aliphatic carbocycles. The zero-order chi connectivity index (χ0) is 34.8. The van der Waals surface area contributed by atoms with Crippen molar-refractivity contribution in [3.63, 3.8) is 0 Å². The number of aryl methyl sites for hydroxylation is 3. The van der Waals surface area contributed by atoms with Crippen molar-refractivity contribution in [2.45, 2.75) is 46.1 Å². The van der Waals surface area contributed by atoms with Crippen LogP contribution in [0.3, 0.4) is 0 Å². The van der Waals surface area contributed by atoms with Gasteiger partial charge in [0.2, 0.25) is 0 Å². The minimum atomic E-state index is -0.265. The molecule has 0 atom stereocenters. The molecule has 7 rings (SSSR count). The van der Waals surface area contributed by atoms with E-state index in [9.17, 15) is 9.18 Å². The smallest absolute Gasteiger partial charge is 0.166 e. The van der Waals surface area contributed by atoms with E-state index >= 15 is 0 Å². The van der Waals surface area contributed by atoms with Gasteiger partial charge in [-0.05, 0) is 99.8 Å². The number of carbonyl (C=O) groups is 1. The van der Waals surface area contributed by atoms with Crippen molar-refractivity contribution in [2.75, 3.05) is 59.0 Å². The number of aldehydes is 1. The first-order valence-electron chi connectivity index (χ1n) is 18.1. The molecule has 5 aromatic rings. The highest BCUT2D eigenvalue weighted by Crippen LogP contribution is 2.42. The summed E-state index contributed by atoms with van der Waals surface area (Å²) in [6.07, 6.45) is 4.81. The molecule has 50 heavy (non-hydrogen) atoms. The Morgan fingerprint density at radius 1 is 0.980 bits per heavy atom. The summed E-state index contributed by atoms with van der Waals surface area (Å²) in [6.45, 7) is 14.0. The number of aromatic nitrogens is 3. The van der Waals surface area contributed by atoms with Crippen LogP contribution in [-0.2, 0) is 20.0 Å². The van der Waals surface area contributed by atoms with Crippen LogP contribution in [0, 0.1) is 25.6 Å². The van der Waals surface area contributed by atoms with E-state index in [2.05, 4.69) is 32.7 Å². The molecule has 0 amide bonds. The average Bonchev–Trinajstić information content (AvgIpc) is 3.56. The quantitative estimate of drug-likeness (QED) is 0.111. The number of benzene rings is 3. The van der Waals surface area contributed by atoms with Gasteiger partial charge in [-0.2, -0.15) is 5.10 Å². The SMILES string of the molecule is Cc1nn(C)c(C)c1-c1c(Cl)ccc2c(CCCOc3cccc4cc(F)ccc34)c(C=O)n(CCN3CCC(CN4CCNCC4)CC3)c12. The Kier molecular flexibility index (Phi) is 10.6. The predicted octanol–water partition coefficient (Wildman–Crippen LogP) is 7.05. The number of nitrogens with one attached hydrogen (secondary N) is 1. The van der Waals surface area contributed by atoms with Crippen molar-refractivity contribution in [1.29, 1.82) is 0 Å². The van der Waals surface area contributed by atoms with Gasteiger partial charge in [0.15, 0.2) is 6.29 Å². The highest BCUT2D eigenvalue weighted by atomic mass is 35.5. The highest BCUT2D eigenvalue weighted by Gasteiger charge is 2.27. The molecular weight excluding hydrogens is 651 g/mol. The Hall–Kier alpha value is -3.76. The van der Waals surface area contributed by atoms with Crippen molar-refractivity contribution in [3.8, 4) is 16.9 Å². The van der Waals surface area contributed by atoms with Crippen LogP contribution in [0.15, 0.2) is 48.5 Å². The molecule has 0 spiro atoms. The summed E-state index contributed by atoms with van der Waals surface area (Å²) in [5.41, 5.74) is 6.64. The standard InChI is InChI=1S/C40H48ClFN6O2/c1-27-38(28(2)45(3)44-27)39-35(41)12-11-34-33(7-5-23-50-37-8-4-6-30-24-31(42)9-10-32(30)37)36(26-49)48(40(34)39)22-21-46-17-13-29(14-18-46)25-47-19-15-43-16-20-47/h4,6,8-12,24,26,29,43H,5,7,13-23,25H2,1-3H3. The Morgan fingerprint density at radius 3 is 2.50 bits per heavy atom. The number of hydrogen-bond acceptors (Lipinski definition) is 6. The monoisotopic (exact) mass is 698 g/mol. The second-order valence-corrected chi connectivity index (χ2v) is 14.4. The molecule has 2 fully saturated rings. The Balaban J connectivity index is 1.15. The lowest BCUT2D eigenvalue weighted by Crippen LogP contribution is -2.47. The summed E-state index contributed by atoms with van der Waals surface area (Å²) in [7, 11) is 1.96. The number of rotatable bonds is 12. The Bertz CT molecular complexity index is 1990. The second kappa shape index (κ2) is 15.2. The maximum absolute atomic E-state index is 13.8. The van der Waals surface area contributed by atoms with E-state index in [1.54, 1.807) is 6.07 Å². The van der Waals surface area contributed by atoms with Crippen LogP contribution in [0.25, 0.3) is 32.8 Å². The fraction of sp³-hybridized carbons (Fsp3) is 0.450. The number of carbonyl (C=O) groups excluding carboxylic acids is 1. The van der Waals surface area contributed by atoms with Gasteiger partial charge in [0.25, 0.3) is 0 Å². The number of likely N-dealkylation sites (tertiary alicyclic amines) is 1. The summed E-state index contributed by atoms with van der Waals surface area (Å²) in [5.74, 6) is 1.21. The number of piperidine rings is 1. The molecule has 0 saturated carbocycles. The van der Waals surface area contributed by atoms with Crippen molar-refractivity contribution >= 4 is 39.6 Å². The van der Waals surface area contributed by atoms with Gasteiger partial charge in [-0.3, -0.25) is 9.48 Å². The van der Waals surface area contributed by atoms with Crippen LogP contribution in [0.1, 0.15) is 46.7 Å². The van der Waals surface area contributed by atoms with Crippen LogP contribution in [0.5, 0.6) is 5.75 Å². The summed E-state index contributed by atoms with van der Waals surface area (Å²) in [5, 5.41) is 11.6. The van der Waals surface area contributed by atoms with Gasteiger partial charge < -0.3 is 24.4 Å². The average molecular weight is 699 g/mol. The summed E-state index contributed by atoms with van der Waals surface area (Å²) < 4.78 is 24.2. The van der Waals surface area contributed by atoms with Gasteiger partial charge in [0.05, 0.1) is 28.5 Å². The lowest BCUT2D eigenvalue weighted by molar-refractivity contribution is 0.111. The van der Waals surface area contributed by atoms with E-state index in [0.717, 1.165) is 114 Å². The molecular formula is C40H48ClFN6O2. The number of hydrogen-bond donors (Lipinski definition) is 1. The van der Waals surface area contributed by atoms with Crippen LogP contribution in [0.4, 0.5) is 4.39 Å². The van der Waals surface area contributed by atoms with Crippen molar-refractivity contribution in [3.05, 3.63) is 82.0 Å². The first-order valence-corrected chi connectivity index (χ1v) is 18.5. The van der Waals surface area contributed by atoms with Gasteiger partial charge >= 0.3 is 0 Å². The molecule has 0 bridgehead atoms. The van der Waals surface area contributed by atoms with E-state index in [4.69, 9.17) is 21.4 Å². The summed E-state index contributed by atoms with van der Waals surface area (Å²) >= 11 is 7.06. The number of piperazine rings is 1. The number of fused-ring (bicyclic) bond motifs is 2. The minimum absolute atomic E-state index is 0.265. The Labute approximate surface area is 299 Å². The van der Waals surface area contributed by atoms with Crippen molar-refractivity contribution < 1.29 is 13.9 Å². The van der Waals surface area contributed by atoms with Crippen molar-refractivity contribution in [1.82, 2.24) is 29.5 Å². The van der Waals surface area contributed by atoms with Crippen LogP contribution in [0.2, 0.25) is 5.02 Å². The molecule has 0 radical (unpaired) electrons. The fourth-order valence-electron chi connectivity index (χ4n) is 8.19. The molecule has 264 valence electrons. The first-order chi connectivity index (χ1) is 24.3. The molecule has 10 heteroatoms. The summed E-state index contributed by atoms with van der Waals surface area (Å²) in [6, 6.07) is 14.5. The van der Waals surface area contributed by atoms with Crippen LogP contribution in [-0.4, -0.2) is 89.4 Å². The van der Waals surface area contributed by atoms with E-state index in [-0.39, 0.29) is 5.82 Å². The third-order valence-corrected chi connectivity index (χ3v) is 11.2. The molecule has 2 aliphatic heterocycles. The molecule has 8 nitrogen and oxygen atoms in total. The molecule has 4 heterocycles.